The predicted molar refractivity (Wildman–Crippen MR) is 101 cm³/mol. The summed E-state index contributed by atoms with van der Waals surface area (Å²) in [5.41, 5.74) is 1.56. The van der Waals surface area contributed by atoms with E-state index < -0.39 is 18.2 Å². The zero-order chi connectivity index (χ0) is 19.2. The fourth-order valence-corrected chi connectivity index (χ4v) is 3.05. The Labute approximate surface area is 157 Å². The summed E-state index contributed by atoms with van der Waals surface area (Å²) in [6, 6.07) is 15.3. The molecule has 7 heteroatoms. The molecule has 1 aliphatic heterocycles. The molecule has 7 nitrogen and oxygen atoms in total. The van der Waals surface area contributed by atoms with E-state index in [4.69, 9.17) is 4.74 Å². The number of hydrogen-bond acceptors (Lipinski definition) is 4. The smallest absolute Gasteiger partial charge is 0.322 e. The van der Waals surface area contributed by atoms with Crippen LogP contribution in [0.5, 0.6) is 5.75 Å². The number of rotatable bonds is 5. The number of aliphatic hydroxyl groups excluding tert-OH is 1. The first-order chi connectivity index (χ1) is 13.1. The third-order valence-corrected chi connectivity index (χ3v) is 4.49. The first-order valence-corrected chi connectivity index (χ1v) is 8.78. The van der Waals surface area contributed by atoms with Gasteiger partial charge in [0.2, 0.25) is 5.91 Å². The maximum Gasteiger partial charge on any atom is 0.322 e. The Morgan fingerprint density at radius 3 is 2.52 bits per heavy atom. The third kappa shape index (κ3) is 4.77. The zero-order valence-electron chi connectivity index (χ0n) is 15.1. The molecular weight excluding hydrogens is 346 g/mol. The van der Waals surface area contributed by atoms with Crippen LogP contribution in [-0.4, -0.2) is 47.7 Å². The van der Waals surface area contributed by atoms with E-state index in [1.165, 1.54) is 4.90 Å². The number of urea groups is 1. The van der Waals surface area contributed by atoms with Crippen LogP contribution < -0.4 is 15.4 Å². The standard InChI is InChI=1S/C20H23N3O4/c1-27-17-9-7-14(8-10-17)12-21-19(25)18-11-16(24)13-23(18)20(26)22-15-5-3-2-4-6-15/h2-10,16,18,24H,11-13H2,1H3,(H,21,25)(H,22,26)/t16-,18-/m1/s1. The summed E-state index contributed by atoms with van der Waals surface area (Å²) in [7, 11) is 1.59. The quantitative estimate of drug-likeness (QED) is 0.752. The van der Waals surface area contributed by atoms with Gasteiger partial charge in [0.1, 0.15) is 11.8 Å². The number of nitrogens with one attached hydrogen (secondary N) is 2. The molecule has 1 heterocycles. The lowest BCUT2D eigenvalue weighted by atomic mass is 10.1. The second kappa shape index (κ2) is 8.55. The fourth-order valence-electron chi connectivity index (χ4n) is 3.05. The van der Waals surface area contributed by atoms with Gasteiger partial charge < -0.3 is 25.4 Å². The maximum absolute atomic E-state index is 12.6. The van der Waals surface area contributed by atoms with Gasteiger partial charge in [0, 0.05) is 25.2 Å². The Bertz CT molecular complexity index is 780. The van der Waals surface area contributed by atoms with Gasteiger partial charge in [0.25, 0.3) is 0 Å². The van der Waals surface area contributed by atoms with Gasteiger partial charge in [-0.05, 0) is 29.8 Å². The molecule has 142 valence electrons. The van der Waals surface area contributed by atoms with Crippen LogP contribution in [-0.2, 0) is 11.3 Å². The topological polar surface area (TPSA) is 90.9 Å². The van der Waals surface area contributed by atoms with E-state index in [0.29, 0.717) is 12.2 Å². The molecule has 2 atom stereocenters. The minimum Gasteiger partial charge on any atom is -0.497 e. The van der Waals surface area contributed by atoms with Crippen molar-refractivity contribution in [3.8, 4) is 5.75 Å². The van der Waals surface area contributed by atoms with Crippen LogP contribution >= 0.6 is 0 Å². The SMILES string of the molecule is COc1ccc(CNC(=O)[C@H]2C[C@@H](O)CN2C(=O)Nc2ccccc2)cc1. The predicted octanol–water partition coefficient (Wildman–Crippen LogP) is 1.98. The van der Waals surface area contributed by atoms with Crippen LogP contribution in [0.15, 0.2) is 54.6 Å². The molecule has 3 amide bonds. The molecular formula is C20H23N3O4. The molecule has 0 saturated carbocycles. The number of benzene rings is 2. The molecule has 3 rings (SSSR count). The molecule has 27 heavy (non-hydrogen) atoms. The lowest BCUT2D eigenvalue weighted by molar-refractivity contribution is -0.124. The monoisotopic (exact) mass is 369 g/mol. The van der Waals surface area contributed by atoms with E-state index >= 15 is 0 Å². The van der Waals surface area contributed by atoms with Crippen LogP contribution in [0.3, 0.4) is 0 Å². The molecule has 0 bridgehead atoms. The van der Waals surface area contributed by atoms with Crippen molar-refractivity contribution in [2.75, 3.05) is 19.0 Å². The van der Waals surface area contributed by atoms with Gasteiger partial charge in [-0.2, -0.15) is 0 Å². The second-order valence-corrected chi connectivity index (χ2v) is 6.42. The first-order valence-electron chi connectivity index (χ1n) is 8.78. The highest BCUT2D eigenvalue weighted by Crippen LogP contribution is 2.20. The van der Waals surface area contributed by atoms with Gasteiger partial charge in [-0.3, -0.25) is 4.79 Å². The highest BCUT2D eigenvalue weighted by molar-refractivity contribution is 5.94. The number of β-amino-alcohol motifs (C(OH)–C–C–N with tert-alkyl or cyclic N) is 1. The van der Waals surface area contributed by atoms with E-state index in [1.807, 2.05) is 42.5 Å². The molecule has 1 saturated heterocycles. The Kier molecular flexibility index (Phi) is 5.93. The Balaban J connectivity index is 1.60. The van der Waals surface area contributed by atoms with Gasteiger partial charge in [-0.1, -0.05) is 30.3 Å². The number of hydrogen-bond donors (Lipinski definition) is 3. The number of ether oxygens (including phenoxy) is 1. The lowest BCUT2D eigenvalue weighted by Crippen LogP contribution is -2.47. The number of para-hydroxylation sites is 1. The van der Waals surface area contributed by atoms with E-state index in [9.17, 15) is 14.7 Å². The zero-order valence-corrected chi connectivity index (χ0v) is 15.1. The summed E-state index contributed by atoms with van der Waals surface area (Å²) in [6.45, 7) is 0.461. The fraction of sp³-hybridized carbons (Fsp3) is 0.300. The van der Waals surface area contributed by atoms with Crippen LogP contribution in [0, 0.1) is 0 Å². The molecule has 0 radical (unpaired) electrons. The van der Waals surface area contributed by atoms with Crippen LogP contribution in [0.4, 0.5) is 10.5 Å². The van der Waals surface area contributed by atoms with Crippen molar-refractivity contribution in [1.29, 1.82) is 0 Å². The summed E-state index contributed by atoms with van der Waals surface area (Å²) >= 11 is 0. The Morgan fingerprint density at radius 2 is 1.85 bits per heavy atom. The average Bonchev–Trinajstić information content (AvgIpc) is 3.09. The summed E-state index contributed by atoms with van der Waals surface area (Å²) in [6.07, 6.45) is -0.500. The van der Waals surface area contributed by atoms with Gasteiger partial charge in [0.05, 0.1) is 13.2 Å². The van der Waals surface area contributed by atoms with E-state index in [0.717, 1.165) is 11.3 Å². The number of carbonyl (C=O) groups is 2. The molecule has 1 fully saturated rings. The highest BCUT2D eigenvalue weighted by Gasteiger charge is 2.38. The molecule has 3 N–H and O–H groups in total. The molecule has 0 aliphatic carbocycles. The summed E-state index contributed by atoms with van der Waals surface area (Å²) in [4.78, 5) is 26.5. The Hall–Kier alpha value is -3.06. The number of carbonyl (C=O) groups excluding carboxylic acids is 2. The number of aliphatic hydroxyl groups is 1. The molecule has 2 aromatic carbocycles. The van der Waals surface area contributed by atoms with Gasteiger partial charge >= 0.3 is 6.03 Å². The summed E-state index contributed by atoms with van der Waals surface area (Å²) in [5, 5.41) is 15.6. The minimum atomic E-state index is -0.719. The van der Waals surface area contributed by atoms with E-state index in [-0.39, 0.29) is 18.9 Å². The summed E-state index contributed by atoms with van der Waals surface area (Å²) < 4.78 is 5.11. The molecule has 0 aromatic heterocycles. The minimum absolute atomic E-state index is 0.124. The molecule has 1 aliphatic rings. The van der Waals surface area contributed by atoms with E-state index in [1.54, 1.807) is 19.2 Å². The van der Waals surface area contributed by atoms with Crippen molar-refractivity contribution in [3.63, 3.8) is 0 Å². The van der Waals surface area contributed by atoms with Crippen LogP contribution in [0.1, 0.15) is 12.0 Å². The third-order valence-electron chi connectivity index (χ3n) is 4.49. The van der Waals surface area contributed by atoms with Crippen LogP contribution in [0.25, 0.3) is 0 Å². The van der Waals surface area contributed by atoms with Crippen molar-refractivity contribution in [2.45, 2.75) is 25.1 Å². The van der Waals surface area contributed by atoms with Crippen molar-refractivity contribution in [1.82, 2.24) is 10.2 Å². The lowest BCUT2D eigenvalue weighted by Gasteiger charge is -2.24. The largest absolute Gasteiger partial charge is 0.497 e. The molecule has 0 unspecified atom stereocenters. The van der Waals surface area contributed by atoms with Crippen molar-refractivity contribution < 1.29 is 19.4 Å². The highest BCUT2D eigenvalue weighted by atomic mass is 16.5. The number of amides is 3. The van der Waals surface area contributed by atoms with Gasteiger partial charge in [-0.15, -0.1) is 0 Å². The van der Waals surface area contributed by atoms with Crippen molar-refractivity contribution >= 4 is 17.6 Å². The van der Waals surface area contributed by atoms with Crippen molar-refractivity contribution in [2.24, 2.45) is 0 Å². The summed E-state index contributed by atoms with van der Waals surface area (Å²) in [5.74, 6) is 0.457. The number of nitrogens with zero attached hydrogens (tertiary/aromatic N) is 1. The van der Waals surface area contributed by atoms with Gasteiger partial charge in [-0.25, -0.2) is 4.79 Å². The number of anilines is 1. The average molecular weight is 369 g/mol. The first kappa shape index (κ1) is 18.7. The maximum atomic E-state index is 12.6. The van der Waals surface area contributed by atoms with Gasteiger partial charge in [0.15, 0.2) is 0 Å². The number of methoxy groups -OCH3 is 1. The molecule has 0 spiro atoms. The normalized spacial score (nSPS) is 18.8. The van der Waals surface area contributed by atoms with E-state index in [2.05, 4.69) is 10.6 Å². The Morgan fingerprint density at radius 1 is 1.15 bits per heavy atom. The van der Waals surface area contributed by atoms with Crippen molar-refractivity contribution in [3.05, 3.63) is 60.2 Å². The molecule has 2 aromatic rings. The number of likely N-dealkylation sites (tertiary alicyclic amines) is 1. The van der Waals surface area contributed by atoms with Crippen LogP contribution in [0.2, 0.25) is 0 Å². The second-order valence-electron chi connectivity index (χ2n) is 6.42.